The number of rotatable bonds is 1. The number of carbonyl (C=O) groups is 2. The van der Waals surface area contributed by atoms with E-state index < -0.39 is 17.9 Å². The van der Waals surface area contributed by atoms with Gasteiger partial charge in [0.05, 0.1) is 0 Å². The Kier molecular flexibility index (Phi) is 1.58. The molecule has 56 valence electrons. The van der Waals surface area contributed by atoms with Gasteiger partial charge in [-0.3, -0.25) is 10.0 Å². The summed E-state index contributed by atoms with van der Waals surface area (Å²) >= 11 is 0. The van der Waals surface area contributed by atoms with Gasteiger partial charge in [-0.15, -0.1) is 0 Å². The van der Waals surface area contributed by atoms with Crippen LogP contribution in [0.5, 0.6) is 0 Å². The molecule has 5 heteroatoms. The minimum Gasteiger partial charge on any atom is -0.480 e. The molecule has 0 radical (unpaired) electrons. The van der Waals surface area contributed by atoms with E-state index in [-0.39, 0.29) is 17.9 Å². The fourth-order valence-corrected chi connectivity index (χ4v) is 0.899. The van der Waals surface area contributed by atoms with Crippen molar-refractivity contribution in [3.63, 3.8) is 0 Å². The third-order valence-electron chi connectivity index (χ3n) is 1.47. The van der Waals surface area contributed by atoms with E-state index in [1.807, 2.05) is 0 Å². The second-order valence-electron chi connectivity index (χ2n) is 2.13. The Morgan fingerprint density at radius 1 is 1.70 bits per heavy atom. The molecule has 5 nitrogen and oxygen atoms in total. The molecular weight excluding hydrogens is 138 g/mol. The van der Waals surface area contributed by atoms with Gasteiger partial charge in [-0.2, -0.15) is 0 Å². The van der Waals surface area contributed by atoms with Crippen molar-refractivity contribution in [1.82, 2.24) is 5.06 Å². The molecule has 1 fully saturated rings. The summed E-state index contributed by atoms with van der Waals surface area (Å²) < 4.78 is 0. The molecule has 1 saturated heterocycles. The number of hydrogen-bond acceptors (Lipinski definition) is 3. The highest BCUT2D eigenvalue weighted by molar-refractivity contribution is 5.86. The first-order chi connectivity index (χ1) is 4.63. The largest absolute Gasteiger partial charge is 0.480 e. The number of hydrogen-bond donors (Lipinski definition) is 2. The third kappa shape index (κ3) is 0.950. The van der Waals surface area contributed by atoms with Crippen molar-refractivity contribution in [2.45, 2.75) is 18.9 Å². The van der Waals surface area contributed by atoms with E-state index >= 15 is 0 Å². The number of amides is 1. The SMILES string of the molecule is O=C(O)[C@H]1CCC(=O)N1O. The van der Waals surface area contributed by atoms with Gasteiger partial charge in [0.15, 0.2) is 6.04 Å². The fraction of sp³-hybridized carbons (Fsp3) is 0.600. The molecule has 1 atom stereocenters. The molecule has 0 aromatic heterocycles. The molecule has 1 aliphatic heterocycles. The summed E-state index contributed by atoms with van der Waals surface area (Å²) in [6, 6.07) is -1.03. The predicted octanol–water partition coefficient (Wildman–Crippen LogP) is -0.549. The Morgan fingerprint density at radius 2 is 2.30 bits per heavy atom. The molecule has 0 bridgehead atoms. The van der Waals surface area contributed by atoms with Crippen molar-refractivity contribution < 1.29 is 19.9 Å². The lowest BCUT2D eigenvalue weighted by atomic mass is 10.2. The van der Waals surface area contributed by atoms with Gasteiger partial charge < -0.3 is 5.11 Å². The Balaban J connectivity index is 2.66. The maximum atomic E-state index is 10.5. The summed E-state index contributed by atoms with van der Waals surface area (Å²) in [5.41, 5.74) is 0. The van der Waals surface area contributed by atoms with Gasteiger partial charge in [0.25, 0.3) is 0 Å². The molecule has 2 N–H and O–H groups in total. The van der Waals surface area contributed by atoms with Gasteiger partial charge >= 0.3 is 5.97 Å². The van der Waals surface area contributed by atoms with E-state index in [1.165, 1.54) is 0 Å². The van der Waals surface area contributed by atoms with Crippen LogP contribution in [0.2, 0.25) is 0 Å². The molecule has 0 saturated carbocycles. The molecule has 0 unspecified atom stereocenters. The average Bonchev–Trinajstić information content (AvgIpc) is 2.14. The Morgan fingerprint density at radius 3 is 2.50 bits per heavy atom. The molecule has 1 heterocycles. The van der Waals surface area contributed by atoms with Gasteiger partial charge in [0.2, 0.25) is 5.91 Å². The molecule has 1 rings (SSSR count). The van der Waals surface area contributed by atoms with Crippen LogP contribution in [0.15, 0.2) is 0 Å². The molecule has 0 aliphatic carbocycles. The van der Waals surface area contributed by atoms with Crippen LogP contribution in [-0.4, -0.2) is 33.3 Å². The summed E-state index contributed by atoms with van der Waals surface area (Å²) in [4.78, 5) is 20.7. The predicted molar refractivity (Wildman–Crippen MR) is 29.3 cm³/mol. The van der Waals surface area contributed by atoms with Crippen molar-refractivity contribution in [3.05, 3.63) is 0 Å². The quantitative estimate of drug-likeness (QED) is 0.485. The van der Waals surface area contributed by atoms with Crippen molar-refractivity contribution in [3.8, 4) is 0 Å². The van der Waals surface area contributed by atoms with E-state index in [4.69, 9.17) is 10.3 Å². The van der Waals surface area contributed by atoms with E-state index in [0.29, 0.717) is 0 Å². The minimum absolute atomic E-state index is 0.119. The van der Waals surface area contributed by atoms with Crippen LogP contribution in [0.3, 0.4) is 0 Å². The van der Waals surface area contributed by atoms with Crippen molar-refractivity contribution in [2.75, 3.05) is 0 Å². The Hall–Kier alpha value is -1.10. The standard InChI is InChI=1S/C5H7NO4/c7-4-2-1-3(5(8)9)6(4)10/h3,10H,1-2H2,(H,8,9)/t3-/m1/s1. The van der Waals surface area contributed by atoms with Crippen LogP contribution < -0.4 is 0 Å². The number of carbonyl (C=O) groups excluding carboxylic acids is 1. The normalized spacial score (nSPS) is 25.5. The van der Waals surface area contributed by atoms with E-state index in [0.717, 1.165) is 0 Å². The highest BCUT2D eigenvalue weighted by atomic mass is 16.5. The van der Waals surface area contributed by atoms with Crippen LogP contribution in [0.1, 0.15) is 12.8 Å². The zero-order chi connectivity index (χ0) is 7.72. The van der Waals surface area contributed by atoms with Crippen LogP contribution in [0.4, 0.5) is 0 Å². The van der Waals surface area contributed by atoms with E-state index in [9.17, 15) is 9.59 Å². The number of aliphatic carboxylic acids is 1. The van der Waals surface area contributed by atoms with Gasteiger partial charge in [-0.1, -0.05) is 0 Å². The molecule has 10 heavy (non-hydrogen) atoms. The van der Waals surface area contributed by atoms with Gasteiger partial charge in [0.1, 0.15) is 0 Å². The maximum Gasteiger partial charge on any atom is 0.329 e. The van der Waals surface area contributed by atoms with Crippen LogP contribution in [0, 0.1) is 0 Å². The second kappa shape index (κ2) is 2.26. The molecular formula is C5H7NO4. The van der Waals surface area contributed by atoms with E-state index in [2.05, 4.69) is 0 Å². The molecule has 1 amide bonds. The molecule has 0 spiro atoms. The van der Waals surface area contributed by atoms with Crippen LogP contribution in [0.25, 0.3) is 0 Å². The van der Waals surface area contributed by atoms with Gasteiger partial charge in [-0.05, 0) is 6.42 Å². The first-order valence-corrected chi connectivity index (χ1v) is 2.86. The Bertz CT molecular complexity index is 178. The van der Waals surface area contributed by atoms with Crippen LogP contribution >= 0.6 is 0 Å². The third-order valence-corrected chi connectivity index (χ3v) is 1.47. The van der Waals surface area contributed by atoms with Gasteiger partial charge in [0, 0.05) is 6.42 Å². The second-order valence-corrected chi connectivity index (χ2v) is 2.13. The zero-order valence-corrected chi connectivity index (χ0v) is 5.15. The summed E-state index contributed by atoms with van der Waals surface area (Å²) in [5, 5.41) is 17.4. The smallest absolute Gasteiger partial charge is 0.329 e. The first-order valence-electron chi connectivity index (χ1n) is 2.86. The summed E-state index contributed by atoms with van der Waals surface area (Å²) in [6.07, 6.45) is 0.318. The topological polar surface area (TPSA) is 77.8 Å². The van der Waals surface area contributed by atoms with Gasteiger partial charge in [-0.25, -0.2) is 9.86 Å². The zero-order valence-electron chi connectivity index (χ0n) is 5.15. The lowest BCUT2D eigenvalue weighted by Gasteiger charge is -2.11. The summed E-state index contributed by atoms with van der Waals surface area (Å²) in [7, 11) is 0. The summed E-state index contributed by atoms with van der Waals surface area (Å²) in [5.74, 6) is -1.68. The number of carboxylic acids is 1. The van der Waals surface area contributed by atoms with Crippen molar-refractivity contribution in [2.24, 2.45) is 0 Å². The minimum atomic E-state index is -1.16. The monoisotopic (exact) mass is 145 g/mol. The average molecular weight is 145 g/mol. The summed E-state index contributed by atoms with van der Waals surface area (Å²) in [6.45, 7) is 0. The number of hydroxylamine groups is 2. The Labute approximate surface area is 56.8 Å². The number of carboxylic acid groups (broad SMARTS) is 1. The fourth-order valence-electron chi connectivity index (χ4n) is 0.899. The maximum absolute atomic E-state index is 10.5. The van der Waals surface area contributed by atoms with Crippen LogP contribution in [-0.2, 0) is 9.59 Å². The highest BCUT2D eigenvalue weighted by Gasteiger charge is 2.34. The first kappa shape index (κ1) is 7.01. The molecule has 1 aliphatic rings. The molecule has 0 aromatic rings. The van der Waals surface area contributed by atoms with Crippen molar-refractivity contribution >= 4 is 11.9 Å². The number of nitrogens with zero attached hydrogens (tertiary/aromatic N) is 1. The van der Waals surface area contributed by atoms with E-state index in [1.54, 1.807) is 0 Å². The van der Waals surface area contributed by atoms with Crippen molar-refractivity contribution in [1.29, 1.82) is 0 Å². The molecule has 0 aromatic carbocycles. The highest BCUT2D eigenvalue weighted by Crippen LogP contribution is 2.15. The lowest BCUT2D eigenvalue weighted by molar-refractivity contribution is -0.176. The lowest BCUT2D eigenvalue weighted by Crippen LogP contribution is -2.35.